The fourth-order valence-electron chi connectivity index (χ4n) is 3.76. The van der Waals surface area contributed by atoms with Gasteiger partial charge in [0.25, 0.3) is 0 Å². The average molecular weight is 407 g/mol. The highest BCUT2D eigenvalue weighted by Crippen LogP contribution is 2.38. The van der Waals surface area contributed by atoms with E-state index in [1.165, 1.54) is 16.0 Å². The first-order valence-corrected chi connectivity index (χ1v) is 10.5. The Morgan fingerprint density at radius 3 is 2.82 bits per heavy atom. The molecule has 0 radical (unpaired) electrons. The van der Waals surface area contributed by atoms with Gasteiger partial charge in [-0.2, -0.15) is 0 Å². The van der Waals surface area contributed by atoms with Crippen LogP contribution in [0.4, 0.5) is 11.5 Å². The van der Waals surface area contributed by atoms with Gasteiger partial charge < -0.3 is 5.32 Å². The number of fused-ring (bicyclic) bond motifs is 3. The van der Waals surface area contributed by atoms with Gasteiger partial charge >= 0.3 is 0 Å². The van der Waals surface area contributed by atoms with E-state index in [0.29, 0.717) is 5.02 Å². The van der Waals surface area contributed by atoms with Gasteiger partial charge in [0.15, 0.2) is 0 Å². The van der Waals surface area contributed by atoms with Crippen LogP contribution in [0.3, 0.4) is 0 Å². The normalized spacial score (nSPS) is 14.2. The van der Waals surface area contributed by atoms with Crippen LogP contribution in [0.1, 0.15) is 16.0 Å². The molecule has 0 spiro atoms. The summed E-state index contributed by atoms with van der Waals surface area (Å²) in [5.41, 5.74) is 3.68. The van der Waals surface area contributed by atoms with Gasteiger partial charge in [0.1, 0.15) is 17.0 Å². The van der Waals surface area contributed by atoms with E-state index >= 15 is 0 Å². The van der Waals surface area contributed by atoms with Gasteiger partial charge in [-0.25, -0.2) is 9.97 Å². The summed E-state index contributed by atoms with van der Waals surface area (Å²) >= 11 is 7.91. The minimum absolute atomic E-state index is 0.708. The zero-order valence-corrected chi connectivity index (χ0v) is 16.8. The maximum Gasteiger partial charge on any atom is 0.142 e. The molecule has 0 bridgehead atoms. The first kappa shape index (κ1) is 17.6. The molecule has 28 heavy (non-hydrogen) atoms. The number of thiophene rings is 1. The monoisotopic (exact) mass is 406 g/mol. The van der Waals surface area contributed by atoms with Crippen LogP contribution in [0.5, 0.6) is 0 Å². The summed E-state index contributed by atoms with van der Waals surface area (Å²) in [6, 6.07) is 18.4. The molecule has 2 aromatic heterocycles. The van der Waals surface area contributed by atoms with Crippen LogP contribution in [-0.4, -0.2) is 21.4 Å². The largest absolute Gasteiger partial charge is 0.340 e. The van der Waals surface area contributed by atoms with Crippen molar-refractivity contribution in [2.45, 2.75) is 19.5 Å². The van der Waals surface area contributed by atoms with Crippen LogP contribution in [0.2, 0.25) is 5.02 Å². The Bertz CT molecular complexity index is 1130. The van der Waals surface area contributed by atoms with Gasteiger partial charge in [0, 0.05) is 35.2 Å². The quantitative estimate of drug-likeness (QED) is 0.475. The van der Waals surface area contributed by atoms with Crippen molar-refractivity contribution < 1.29 is 0 Å². The van der Waals surface area contributed by atoms with Gasteiger partial charge in [-0.3, -0.25) is 4.90 Å². The molecule has 0 aliphatic carbocycles. The van der Waals surface area contributed by atoms with Crippen molar-refractivity contribution in [2.75, 3.05) is 11.9 Å². The molecule has 1 aliphatic heterocycles. The highest BCUT2D eigenvalue weighted by molar-refractivity contribution is 7.19. The number of nitrogens with zero attached hydrogens (tertiary/aromatic N) is 3. The minimum Gasteiger partial charge on any atom is -0.340 e. The third-order valence-corrected chi connectivity index (χ3v) is 6.41. The molecular weight excluding hydrogens is 388 g/mol. The molecule has 0 saturated carbocycles. The number of rotatable bonds is 4. The Morgan fingerprint density at radius 2 is 1.96 bits per heavy atom. The molecular formula is C22H19ClN4S. The van der Waals surface area contributed by atoms with E-state index in [2.05, 4.69) is 50.5 Å². The van der Waals surface area contributed by atoms with E-state index in [1.54, 1.807) is 17.7 Å². The number of aromatic nitrogens is 2. The number of nitrogens with one attached hydrogen (secondary N) is 1. The van der Waals surface area contributed by atoms with Crippen molar-refractivity contribution in [3.05, 3.63) is 82.0 Å². The zero-order valence-electron chi connectivity index (χ0n) is 15.2. The van der Waals surface area contributed by atoms with Gasteiger partial charge in [-0.15, -0.1) is 11.3 Å². The molecule has 0 saturated heterocycles. The number of anilines is 2. The number of hydrogen-bond acceptors (Lipinski definition) is 5. The van der Waals surface area contributed by atoms with E-state index in [1.807, 2.05) is 24.3 Å². The highest BCUT2D eigenvalue weighted by atomic mass is 35.5. The van der Waals surface area contributed by atoms with Crippen molar-refractivity contribution in [1.29, 1.82) is 0 Å². The second-order valence-electron chi connectivity index (χ2n) is 6.99. The fourth-order valence-corrected chi connectivity index (χ4v) is 5.17. The number of hydrogen-bond donors (Lipinski definition) is 1. The lowest BCUT2D eigenvalue weighted by Crippen LogP contribution is -2.29. The third-order valence-electron chi connectivity index (χ3n) is 5.05. The van der Waals surface area contributed by atoms with E-state index in [4.69, 9.17) is 11.6 Å². The van der Waals surface area contributed by atoms with Gasteiger partial charge in [-0.05, 0) is 35.7 Å². The van der Waals surface area contributed by atoms with E-state index < -0.39 is 0 Å². The van der Waals surface area contributed by atoms with Crippen LogP contribution in [0.15, 0.2) is 60.9 Å². The molecule has 0 atom stereocenters. The second kappa shape index (κ2) is 7.51. The summed E-state index contributed by atoms with van der Waals surface area (Å²) in [5, 5.41) is 5.29. The summed E-state index contributed by atoms with van der Waals surface area (Å²) < 4.78 is 0. The lowest BCUT2D eigenvalue weighted by molar-refractivity contribution is 0.249. The molecule has 0 amide bonds. The number of benzene rings is 2. The molecule has 1 N–H and O–H groups in total. The molecule has 5 rings (SSSR count). The summed E-state index contributed by atoms with van der Waals surface area (Å²) in [4.78, 5) is 14.0. The second-order valence-corrected chi connectivity index (χ2v) is 8.51. The van der Waals surface area contributed by atoms with Crippen molar-refractivity contribution in [1.82, 2.24) is 14.9 Å². The molecule has 3 heterocycles. The first-order chi connectivity index (χ1) is 13.8. The summed E-state index contributed by atoms with van der Waals surface area (Å²) in [5.74, 6) is 0.862. The minimum atomic E-state index is 0.708. The standard InChI is InChI=1S/C22H19ClN4S/c23-16-7-4-8-17(11-16)26-21-20-18-9-10-27(12-15-5-2-1-3-6-15)13-19(18)28-22(20)25-14-24-21/h1-8,11,14H,9-10,12-13H2,(H,24,25,26). The third kappa shape index (κ3) is 3.49. The van der Waals surface area contributed by atoms with Crippen molar-refractivity contribution >= 4 is 44.7 Å². The van der Waals surface area contributed by atoms with E-state index in [0.717, 1.165) is 47.8 Å². The van der Waals surface area contributed by atoms with E-state index in [9.17, 15) is 0 Å². The van der Waals surface area contributed by atoms with Crippen molar-refractivity contribution in [3.8, 4) is 0 Å². The Labute approximate surface area is 172 Å². The number of halogens is 1. The SMILES string of the molecule is Clc1cccc(Nc2ncnc3sc4c(c23)CCN(Cc2ccccc2)C4)c1. The van der Waals surface area contributed by atoms with Crippen LogP contribution in [-0.2, 0) is 19.5 Å². The molecule has 6 heteroatoms. The van der Waals surface area contributed by atoms with Gasteiger partial charge in [0.2, 0.25) is 0 Å². The Hall–Kier alpha value is -2.47. The first-order valence-electron chi connectivity index (χ1n) is 9.30. The van der Waals surface area contributed by atoms with Crippen LogP contribution in [0, 0.1) is 0 Å². The maximum absolute atomic E-state index is 6.13. The predicted octanol–water partition coefficient (Wildman–Crippen LogP) is 5.65. The summed E-state index contributed by atoms with van der Waals surface area (Å²) in [6.45, 7) is 2.98. The predicted molar refractivity (Wildman–Crippen MR) is 116 cm³/mol. The van der Waals surface area contributed by atoms with Crippen LogP contribution >= 0.6 is 22.9 Å². The summed E-state index contributed by atoms with van der Waals surface area (Å²) in [7, 11) is 0. The van der Waals surface area contributed by atoms with E-state index in [-0.39, 0.29) is 0 Å². The van der Waals surface area contributed by atoms with Gasteiger partial charge in [-0.1, -0.05) is 48.0 Å². The molecule has 140 valence electrons. The molecule has 4 aromatic rings. The van der Waals surface area contributed by atoms with Crippen molar-refractivity contribution in [2.24, 2.45) is 0 Å². The van der Waals surface area contributed by atoms with Crippen molar-refractivity contribution in [3.63, 3.8) is 0 Å². The lowest BCUT2D eigenvalue weighted by atomic mass is 10.0. The molecule has 0 unspecified atom stereocenters. The molecule has 0 fully saturated rings. The topological polar surface area (TPSA) is 41.1 Å². The highest BCUT2D eigenvalue weighted by Gasteiger charge is 2.23. The Kier molecular flexibility index (Phi) is 4.72. The molecule has 1 aliphatic rings. The smallest absolute Gasteiger partial charge is 0.142 e. The fraction of sp³-hybridized carbons (Fsp3) is 0.182. The average Bonchev–Trinajstić information content (AvgIpc) is 3.07. The Balaban J connectivity index is 1.45. The maximum atomic E-state index is 6.13. The molecule has 4 nitrogen and oxygen atoms in total. The summed E-state index contributed by atoms with van der Waals surface area (Å²) in [6.07, 6.45) is 2.65. The lowest BCUT2D eigenvalue weighted by Gasteiger charge is -2.27. The zero-order chi connectivity index (χ0) is 18.9. The Morgan fingerprint density at radius 1 is 1.07 bits per heavy atom. The van der Waals surface area contributed by atoms with Gasteiger partial charge in [0.05, 0.1) is 5.39 Å². The van der Waals surface area contributed by atoms with Crippen LogP contribution in [0.25, 0.3) is 10.2 Å². The molecule has 2 aromatic carbocycles. The van der Waals surface area contributed by atoms with Crippen LogP contribution < -0.4 is 5.32 Å².